The number of nitrogens with zero attached hydrogens (tertiary/aromatic N) is 3. The van der Waals surface area contributed by atoms with Gasteiger partial charge in [0.15, 0.2) is 0 Å². The highest BCUT2D eigenvalue weighted by atomic mass is 32.2. The number of hydrogen-bond donors (Lipinski definition) is 2. The van der Waals surface area contributed by atoms with Crippen molar-refractivity contribution in [2.24, 2.45) is 0 Å². The molecule has 40 heavy (non-hydrogen) atoms. The molecule has 0 atom stereocenters. The van der Waals surface area contributed by atoms with Crippen LogP contribution in [0.3, 0.4) is 0 Å². The van der Waals surface area contributed by atoms with Crippen molar-refractivity contribution in [3.05, 3.63) is 48.3 Å². The van der Waals surface area contributed by atoms with E-state index in [1.165, 1.54) is 33.5 Å². The van der Waals surface area contributed by atoms with Crippen LogP contribution in [0.25, 0.3) is 0 Å². The van der Waals surface area contributed by atoms with E-state index in [9.17, 15) is 22.4 Å². The van der Waals surface area contributed by atoms with Gasteiger partial charge in [-0.15, -0.1) is 0 Å². The molecule has 1 heterocycles. The van der Waals surface area contributed by atoms with Gasteiger partial charge in [0.05, 0.1) is 19.7 Å². The van der Waals surface area contributed by atoms with Crippen LogP contribution in [-0.4, -0.2) is 94.8 Å². The van der Waals surface area contributed by atoms with E-state index in [0.717, 1.165) is 38.6 Å². The summed E-state index contributed by atoms with van der Waals surface area (Å²) in [6.07, 6.45) is 4.31. The van der Waals surface area contributed by atoms with Crippen LogP contribution >= 0.6 is 0 Å². The number of benzene rings is 2. The highest BCUT2D eigenvalue weighted by Gasteiger charge is 2.29. The second kappa shape index (κ2) is 15.1. The van der Waals surface area contributed by atoms with Crippen LogP contribution in [0.5, 0.6) is 5.75 Å². The largest absolute Gasteiger partial charge is 0.492 e. The Labute approximate surface area is 236 Å². The summed E-state index contributed by atoms with van der Waals surface area (Å²) >= 11 is 0. The fourth-order valence-electron chi connectivity index (χ4n) is 4.40. The molecule has 3 rings (SSSR count). The number of ether oxygens (including phenoxy) is 1. The van der Waals surface area contributed by atoms with Gasteiger partial charge in [0.1, 0.15) is 16.5 Å². The summed E-state index contributed by atoms with van der Waals surface area (Å²) in [7, 11) is 1.68. The molecule has 10 nitrogen and oxygen atoms in total. The molecule has 220 valence electrons. The fourth-order valence-corrected chi connectivity index (χ4v) is 6.08. The molecule has 0 aromatic heterocycles. The van der Waals surface area contributed by atoms with Crippen LogP contribution in [0.15, 0.2) is 47.4 Å². The van der Waals surface area contributed by atoms with Gasteiger partial charge in [-0.25, -0.2) is 12.8 Å². The zero-order chi connectivity index (χ0) is 29.1. The van der Waals surface area contributed by atoms with Crippen LogP contribution in [0, 0.1) is 5.82 Å². The maximum absolute atomic E-state index is 13.7. The molecular weight excluding hydrogens is 537 g/mol. The van der Waals surface area contributed by atoms with E-state index in [0.29, 0.717) is 31.1 Å². The van der Waals surface area contributed by atoms with E-state index in [-0.39, 0.29) is 23.7 Å². The number of amides is 2. The number of hydrogen-bond acceptors (Lipinski definition) is 7. The summed E-state index contributed by atoms with van der Waals surface area (Å²) in [4.78, 5) is 28.6. The van der Waals surface area contributed by atoms with Gasteiger partial charge in [-0.1, -0.05) is 18.9 Å². The van der Waals surface area contributed by atoms with Gasteiger partial charge in [-0.3, -0.25) is 14.5 Å². The first-order chi connectivity index (χ1) is 19.0. The zero-order valence-corrected chi connectivity index (χ0v) is 24.3. The average Bonchev–Trinajstić information content (AvgIpc) is 3.17. The highest BCUT2D eigenvalue weighted by molar-refractivity contribution is 7.89. The van der Waals surface area contributed by atoms with E-state index in [4.69, 9.17) is 4.74 Å². The predicted molar refractivity (Wildman–Crippen MR) is 153 cm³/mol. The molecule has 0 spiro atoms. The van der Waals surface area contributed by atoms with Crippen molar-refractivity contribution < 1.29 is 27.1 Å². The number of carbonyl (C=O) groups excluding carboxylic acids is 2. The van der Waals surface area contributed by atoms with Crippen LogP contribution in [-0.2, 0) is 19.6 Å². The summed E-state index contributed by atoms with van der Waals surface area (Å²) in [6.45, 7) is 1.83. The number of rotatable bonds is 13. The van der Waals surface area contributed by atoms with E-state index in [1.807, 2.05) is 19.0 Å². The predicted octanol–water partition coefficient (Wildman–Crippen LogP) is 3.23. The van der Waals surface area contributed by atoms with Gasteiger partial charge in [-0.2, -0.15) is 4.31 Å². The summed E-state index contributed by atoms with van der Waals surface area (Å²) in [5, 5.41) is 5.32. The normalized spacial score (nSPS) is 14.7. The molecule has 0 unspecified atom stereocenters. The van der Waals surface area contributed by atoms with Gasteiger partial charge < -0.3 is 20.3 Å². The Bertz CT molecular complexity index is 1250. The molecule has 0 saturated carbocycles. The Morgan fingerprint density at radius 3 is 2.15 bits per heavy atom. The maximum Gasteiger partial charge on any atom is 0.246 e. The Balaban J connectivity index is 1.68. The van der Waals surface area contributed by atoms with Crippen molar-refractivity contribution in [3.63, 3.8) is 0 Å². The smallest absolute Gasteiger partial charge is 0.246 e. The minimum Gasteiger partial charge on any atom is -0.492 e. The summed E-state index contributed by atoms with van der Waals surface area (Å²) in [6, 6.07) is 10.2. The molecule has 2 N–H and O–H groups in total. The molecule has 1 fully saturated rings. The van der Waals surface area contributed by atoms with Crippen LogP contribution in [0.1, 0.15) is 32.1 Å². The van der Waals surface area contributed by atoms with Gasteiger partial charge in [0.25, 0.3) is 0 Å². The summed E-state index contributed by atoms with van der Waals surface area (Å²) in [5.74, 6) is -1.03. The van der Waals surface area contributed by atoms with Crippen molar-refractivity contribution in [1.82, 2.24) is 14.1 Å². The van der Waals surface area contributed by atoms with Crippen LogP contribution in [0.2, 0.25) is 0 Å². The first kappa shape index (κ1) is 31.5. The number of anilines is 2. The van der Waals surface area contributed by atoms with Gasteiger partial charge in [-0.05, 0) is 76.8 Å². The Morgan fingerprint density at radius 2 is 1.55 bits per heavy atom. The third-order valence-corrected chi connectivity index (χ3v) is 8.27. The molecule has 0 aliphatic carbocycles. The Kier molecular flexibility index (Phi) is 11.9. The van der Waals surface area contributed by atoms with Crippen molar-refractivity contribution in [3.8, 4) is 5.75 Å². The second-order valence-electron chi connectivity index (χ2n) is 10.3. The molecule has 12 heteroatoms. The number of halogens is 1. The Morgan fingerprint density at radius 1 is 0.925 bits per heavy atom. The van der Waals surface area contributed by atoms with Crippen molar-refractivity contribution in [2.75, 3.05) is 71.1 Å². The lowest BCUT2D eigenvalue weighted by atomic mass is 10.2. The molecule has 2 aromatic carbocycles. The zero-order valence-electron chi connectivity index (χ0n) is 23.5. The minimum absolute atomic E-state index is 0.0277. The fraction of sp³-hybridized carbons (Fsp3) is 0.500. The highest BCUT2D eigenvalue weighted by Crippen LogP contribution is 2.31. The van der Waals surface area contributed by atoms with Gasteiger partial charge in [0, 0.05) is 31.0 Å². The SMILES string of the molecule is CN(C)CCCOc1ccc(NC(=O)CN(C)CC(=O)Nc2cccc(F)c2)cc1S(=O)(=O)N1CCCCCC1. The molecule has 0 radical (unpaired) electrons. The van der Waals surface area contributed by atoms with E-state index in [1.54, 1.807) is 25.2 Å². The lowest BCUT2D eigenvalue weighted by molar-refractivity contribution is -0.119. The summed E-state index contributed by atoms with van der Waals surface area (Å²) in [5.41, 5.74) is 0.640. The number of carbonyl (C=O) groups is 2. The molecule has 2 aromatic rings. The number of sulfonamides is 1. The number of nitrogens with one attached hydrogen (secondary N) is 2. The number of likely N-dealkylation sites (N-methyl/N-ethyl adjacent to an activating group) is 1. The van der Waals surface area contributed by atoms with Gasteiger partial charge in [0.2, 0.25) is 21.8 Å². The van der Waals surface area contributed by atoms with Crippen molar-refractivity contribution >= 4 is 33.2 Å². The molecule has 1 aliphatic heterocycles. The van der Waals surface area contributed by atoms with Crippen LogP contribution < -0.4 is 15.4 Å². The third kappa shape index (κ3) is 9.84. The molecular formula is C28H40FN5O5S. The van der Waals surface area contributed by atoms with Crippen molar-refractivity contribution in [2.45, 2.75) is 37.0 Å². The van der Waals surface area contributed by atoms with Crippen LogP contribution in [0.4, 0.5) is 15.8 Å². The molecule has 1 saturated heterocycles. The third-order valence-electron chi connectivity index (χ3n) is 6.35. The Hall–Kier alpha value is -3.06. The molecule has 1 aliphatic rings. The molecule has 2 amide bonds. The summed E-state index contributed by atoms with van der Waals surface area (Å²) < 4.78 is 48.1. The van der Waals surface area contributed by atoms with E-state index in [2.05, 4.69) is 10.6 Å². The monoisotopic (exact) mass is 577 g/mol. The first-order valence-corrected chi connectivity index (χ1v) is 14.9. The maximum atomic E-state index is 13.7. The van der Waals surface area contributed by atoms with E-state index >= 15 is 0 Å². The van der Waals surface area contributed by atoms with E-state index < -0.39 is 27.7 Å². The average molecular weight is 578 g/mol. The first-order valence-electron chi connectivity index (χ1n) is 13.5. The minimum atomic E-state index is -3.84. The second-order valence-corrected chi connectivity index (χ2v) is 12.2. The lowest BCUT2D eigenvalue weighted by Crippen LogP contribution is -2.36. The quantitative estimate of drug-likeness (QED) is 0.352. The molecule has 0 bridgehead atoms. The lowest BCUT2D eigenvalue weighted by Gasteiger charge is -2.22. The van der Waals surface area contributed by atoms with Gasteiger partial charge >= 0.3 is 0 Å². The van der Waals surface area contributed by atoms with Crippen molar-refractivity contribution in [1.29, 1.82) is 0 Å². The standard InChI is InChI=1S/C28H40FN5O5S/c1-32(2)14-9-17-39-25-13-12-24(19-26(25)40(37,38)34-15-6-4-5-7-16-34)31-28(36)21-33(3)20-27(35)30-23-11-8-10-22(29)18-23/h8,10-13,18-19H,4-7,9,14-17,20-21H2,1-3H3,(H,30,35)(H,31,36). The topological polar surface area (TPSA) is 111 Å².